The molecule has 1 aliphatic rings. The van der Waals surface area contributed by atoms with Crippen molar-refractivity contribution in [2.75, 3.05) is 5.73 Å². The lowest BCUT2D eigenvalue weighted by atomic mass is 9.88. The van der Waals surface area contributed by atoms with Gasteiger partial charge in [-0.15, -0.1) is 0 Å². The van der Waals surface area contributed by atoms with E-state index >= 15 is 0 Å². The molecule has 0 spiro atoms. The Hall–Kier alpha value is -1.51. The van der Waals surface area contributed by atoms with Crippen molar-refractivity contribution in [3.63, 3.8) is 0 Å². The summed E-state index contributed by atoms with van der Waals surface area (Å²) >= 11 is 0. The number of carbonyl (C=O) groups is 1. The van der Waals surface area contributed by atoms with Gasteiger partial charge in [-0.3, -0.25) is 0 Å². The Morgan fingerprint density at radius 3 is 2.63 bits per heavy atom. The first-order valence-corrected chi connectivity index (χ1v) is 7.06. The molecule has 2 N–H and O–H groups in total. The van der Waals surface area contributed by atoms with Crippen molar-refractivity contribution in [2.45, 2.75) is 52.6 Å². The monoisotopic (exact) mass is 261 g/mol. The summed E-state index contributed by atoms with van der Waals surface area (Å²) in [7, 11) is 0. The Morgan fingerprint density at radius 2 is 1.95 bits per heavy atom. The van der Waals surface area contributed by atoms with Gasteiger partial charge in [0.15, 0.2) is 0 Å². The normalized spacial score (nSPS) is 23.1. The number of aryl methyl sites for hydroxylation is 1. The van der Waals surface area contributed by atoms with Gasteiger partial charge in [0, 0.05) is 5.69 Å². The van der Waals surface area contributed by atoms with Gasteiger partial charge >= 0.3 is 5.97 Å². The SMILES string of the molecule is Cc1cc(N)cc(C(=O)OC2CCCCC2C)c1C. The van der Waals surface area contributed by atoms with Gasteiger partial charge in [-0.25, -0.2) is 4.79 Å². The highest BCUT2D eigenvalue weighted by molar-refractivity contribution is 5.92. The fourth-order valence-corrected chi connectivity index (χ4v) is 2.76. The first kappa shape index (κ1) is 13.9. The van der Waals surface area contributed by atoms with E-state index in [1.54, 1.807) is 6.07 Å². The highest BCUT2D eigenvalue weighted by Gasteiger charge is 2.26. The number of rotatable bonds is 2. The number of carbonyl (C=O) groups excluding carboxylic acids is 1. The van der Waals surface area contributed by atoms with Crippen molar-refractivity contribution in [1.29, 1.82) is 0 Å². The average Bonchev–Trinajstić information content (AvgIpc) is 2.36. The summed E-state index contributed by atoms with van der Waals surface area (Å²) in [4.78, 5) is 12.3. The number of ether oxygens (including phenoxy) is 1. The fourth-order valence-electron chi connectivity index (χ4n) is 2.76. The second-order valence-corrected chi connectivity index (χ2v) is 5.72. The quantitative estimate of drug-likeness (QED) is 0.653. The third-order valence-electron chi connectivity index (χ3n) is 4.20. The molecule has 0 aromatic heterocycles. The molecule has 3 nitrogen and oxygen atoms in total. The standard InChI is InChI=1S/C16H23NO2/c1-10-6-4-5-7-15(10)19-16(18)14-9-13(17)8-11(2)12(14)3/h8-10,15H,4-7,17H2,1-3H3. The molecule has 2 unspecified atom stereocenters. The Balaban J connectivity index is 2.15. The van der Waals surface area contributed by atoms with E-state index in [2.05, 4.69) is 6.92 Å². The third kappa shape index (κ3) is 3.09. The van der Waals surface area contributed by atoms with Crippen LogP contribution in [0.4, 0.5) is 5.69 Å². The molecule has 19 heavy (non-hydrogen) atoms. The summed E-state index contributed by atoms with van der Waals surface area (Å²) in [5, 5.41) is 0. The summed E-state index contributed by atoms with van der Waals surface area (Å²) in [5.41, 5.74) is 9.03. The Bertz CT molecular complexity index is 482. The molecule has 0 radical (unpaired) electrons. The number of hydrogen-bond donors (Lipinski definition) is 1. The first-order valence-electron chi connectivity index (χ1n) is 7.06. The number of benzene rings is 1. The average molecular weight is 261 g/mol. The van der Waals surface area contributed by atoms with Crippen LogP contribution in [0.15, 0.2) is 12.1 Å². The molecule has 0 aliphatic heterocycles. The van der Waals surface area contributed by atoms with Crippen LogP contribution in [0.2, 0.25) is 0 Å². The maximum absolute atomic E-state index is 12.3. The number of esters is 1. The van der Waals surface area contributed by atoms with Crippen molar-refractivity contribution in [3.05, 3.63) is 28.8 Å². The Labute approximate surface area is 115 Å². The minimum absolute atomic E-state index is 0.0578. The van der Waals surface area contributed by atoms with Crippen LogP contribution in [0.5, 0.6) is 0 Å². The highest BCUT2D eigenvalue weighted by Crippen LogP contribution is 2.28. The van der Waals surface area contributed by atoms with Crippen molar-refractivity contribution >= 4 is 11.7 Å². The second-order valence-electron chi connectivity index (χ2n) is 5.72. The molecule has 2 atom stereocenters. The van der Waals surface area contributed by atoms with Crippen LogP contribution in [0.1, 0.15) is 54.1 Å². The predicted octanol–water partition coefficient (Wildman–Crippen LogP) is 3.62. The Kier molecular flexibility index (Phi) is 4.13. The molecule has 2 rings (SSSR count). The van der Waals surface area contributed by atoms with Gasteiger partial charge in [-0.1, -0.05) is 13.3 Å². The van der Waals surface area contributed by atoms with Crippen LogP contribution in [-0.4, -0.2) is 12.1 Å². The zero-order valence-corrected chi connectivity index (χ0v) is 12.0. The van der Waals surface area contributed by atoms with Gasteiger partial charge in [0.1, 0.15) is 6.10 Å². The van der Waals surface area contributed by atoms with Gasteiger partial charge < -0.3 is 10.5 Å². The lowest BCUT2D eigenvalue weighted by Crippen LogP contribution is -2.28. The van der Waals surface area contributed by atoms with Gasteiger partial charge in [0.25, 0.3) is 0 Å². The minimum atomic E-state index is -0.230. The zero-order chi connectivity index (χ0) is 14.0. The lowest BCUT2D eigenvalue weighted by molar-refractivity contribution is 0.00473. The predicted molar refractivity (Wildman–Crippen MR) is 77.2 cm³/mol. The van der Waals surface area contributed by atoms with E-state index in [0.29, 0.717) is 17.2 Å². The van der Waals surface area contributed by atoms with Crippen molar-refractivity contribution < 1.29 is 9.53 Å². The minimum Gasteiger partial charge on any atom is -0.458 e. The molecule has 1 saturated carbocycles. The van der Waals surface area contributed by atoms with E-state index in [0.717, 1.165) is 30.4 Å². The van der Waals surface area contributed by atoms with Crippen LogP contribution in [0.25, 0.3) is 0 Å². The van der Waals surface area contributed by atoms with E-state index < -0.39 is 0 Å². The van der Waals surface area contributed by atoms with E-state index in [4.69, 9.17) is 10.5 Å². The van der Waals surface area contributed by atoms with Crippen LogP contribution < -0.4 is 5.73 Å². The van der Waals surface area contributed by atoms with Crippen LogP contribution >= 0.6 is 0 Å². The molecular formula is C16H23NO2. The van der Waals surface area contributed by atoms with E-state index in [-0.39, 0.29) is 12.1 Å². The molecule has 1 aromatic carbocycles. The van der Waals surface area contributed by atoms with Gasteiger partial charge in [-0.05, 0) is 62.3 Å². The highest BCUT2D eigenvalue weighted by atomic mass is 16.5. The zero-order valence-electron chi connectivity index (χ0n) is 12.0. The molecule has 0 heterocycles. The first-order chi connectivity index (χ1) is 8.99. The van der Waals surface area contributed by atoms with Crippen molar-refractivity contribution in [2.24, 2.45) is 5.92 Å². The number of nitrogens with two attached hydrogens (primary N) is 1. The second kappa shape index (κ2) is 5.64. The molecule has 0 bridgehead atoms. The third-order valence-corrected chi connectivity index (χ3v) is 4.20. The summed E-state index contributed by atoms with van der Waals surface area (Å²) in [5.74, 6) is 0.229. The summed E-state index contributed by atoms with van der Waals surface area (Å²) < 4.78 is 5.69. The fraction of sp³-hybridized carbons (Fsp3) is 0.562. The molecule has 1 aromatic rings. The van der Waals surface area contributed by atoms with E-state index in [1.165, 1.54) is 6.42 Å². The van der Waals surface area contributed by atoms with Crippen molar-refractivity contribution in [1.82, 2.24) is 0 Å². The molecular weight excluding hydrogens is 238 g/mol. The number of nitrogen functional groups attached to an aromatic ring is 1. The van der Waals surface area contributed by atoms with E-state index in [1.807, 2.05) is 19.9 Å². The topological polar surface area (TPSA) is 52.3 Å². The van der Waals surface area contributed by atoms with Gasteiger partial charge in [0.2, 0.25) is 0 Å². The van der Waals surface area contributed by atoms with Crippen LogP contribution in [0, 0.1) is 19.8 Å². The van der Waals surface area contributed by atoms with E-state index in [9.17, 15) is 4.79 Å². The number of hydrogen-bond acceptors (Lipinski definition) is 3. The van der Waals surface area contributed by atoms with Crippen molar-refractivity contribution in [3.8, 4) is 0 Å². The molecule has 3 heteroatoms. The van der Waals surface area contributed by atoms with Gasteiger partial charge in [-0.2, -0.15) is 0 Å². The van der Waals surface area contributed by atoms with Crippen LogP contribution in [-0.2, 0) is 4.74 Å². The maximum atomic E-state index is 12.3. The summed E-state index contributed by atoms with van der Waals surface area (Å²) in [6.07, 6.45) is 4.57. The summed E-state index contributed by atoms with van der Waals surface area (Å²) in [6, 6.07) is 3.60. The van der Waals surface area contributed by atoms with Gasteiger partial charge in [0.05, 0.1) is 5.56 Å². The maximum Gasteiger partial charge on any atom is 0.338 e. The smallest absolute Gasteiger partial charge is 0.338 e. The molecule has 1 aliphatic carbocycles. The lowest BCUT2D eigenvalue weighted by Gasteiger charge is -2.28. The number of anilines is 1. The molecule has 1 fully saturated rings. The molecule has 104 valence electrons. The molecule has 0 saturated heterocycles. The Morgan fingerprint density at radius 1 is 1.26 bits per heavy atom. The summed E-state index contributed by atoms with van der Waals surface area (Å²) in [6.45, 7) is 6.07. The largest absolute Gasteiger partial charge is 0.458 e. The molecule has 0 amide bonds. The van der Waals surface area contributed by atoms with Crippen LogP contribution in [0.3, 0.4) is 0 Å².